The number of ether oxygens (including phenoxy) is 2. The Kier molecular flexibility index (Phi) is 5.38. The standard InChI is InChI=1S/C27H40O7/c1-23(2)33-22(8-11-28)26(5,34-23)21-7-10-27(32)16-12-18(29)17-13-19(30)20(31)14-24(17,3)15(16)6-9-25(21,27)4/h11-12,15,17,19-22,30-32H,6-10,13-14H2,1-5H3/t15-,17-,19+,20-,21-,22+,24+,25+,26+,27+/m0/s1. The van der Waals surface area contributed by atoms with E-state index in [2.05, 4.69) is 13.8 Å². The average Bonchev–Trinajstić information content (AvgIpc) is 3.14. The second kappa shape index (κ2) is 7.45. The summed E-state index contributed by atoms with van der Waals surface area (Å²) in [7, 11) is 0. The zero-order chi connectivity index (χ0) is 24.9. The fourth-order valence-corrected chi connectivity index (χ4v) is 9.03. The zero-order valence-corrected chi connectivity index (χ0v) is 21.0. The molecule has 1 aliphatic heterocycles. The number of allylic oxidation sites excluding steroid dienone is 1. The van der Waals surface area contributed by atoms with E-state index in [0.717, 1.165) is 24.7 Å². The van der Waals surface area contributed by atoms with Crippen molar-refractivity contribution in [1.82, 2.24) is 0 Å². The molecule has 0 radical (unpaired) electrons. The highest BCUT2D eigenvalue weighted by atomic mass is 16.8. The molecule has 3 N–H and O–H groups in total. The van der Waals surface area contributed by atoms with Gasteiger partial charge in [0.05, 0.1) is 29.5 Å². The van der Waals surface area contributed by atoms with Gasteiger partial charge in [-0.2, -0.15) is 0 Å². The van der Waals surface area contributed by atoms with Crippen LogP contribution in [0.4, 0.5) is 0 Å². The van der Waals surface area contributed by atoms with Gasteiger partial charge in [-0.15, -0.1) is 0 Å². The molecule has 0 amide bonds. The summed E-state index contributed by atoms with van der Waals surface area (Å²) in [4.78, 5) is 24.8. The van der Waals surface area contributed by atoms with Crippen molar-refractivity contribution in [3.63, 3.8) is 0 Å². The molecular formula is C27H40O7. The summed E-state index contributed by atoms with van der Waals surface area (Å²) in [6.45, 7) is 9.90. The van der Waals surface area contributed by atoms with E-state index < -0.39 is 46.1 Å². The van der Waals surface area contributed by atoms with Crippen molar-refractivity contribution in [2.75, 3.05) is 0 Å². The van der Waals surface area contributed by atoms with E-state index in [4.69, 9.17) is 9.47 Å². The van der Waals surface area contributed by atoms with Crippen LogP contribution in [0.5, 0.6) is 0 Å². The fraction of sp³-hybridized carbons (Fsp3) is 0.852. The Hall–Kier alpha value is -1.12. The molecule has 4 fully saturated rings. The number of fused-ring (bicyclic) bond motifs is 5. The predicted octanol–water partition coefficient (Wildman–Crippen LogP) is 2.69. The smallest absolute Gasteiger partial charge is 0.164 e. The predicted molar refractivity (Wildman–Crippen MR) is 124 cm³/mol. The molecule has 5 rings (SSSR count). The van der Waals surface area contributed by atoms with E-state index in [1.54, 1.807) is 6.08 Å². The first kappa shape index (κ1) is 24.6. The summed E-state index contributed by atoms with van der Waals surface area (Å²) < 4.78 is 12.6. The number of hydrogen-bond acceptors (Lipinski definition) is 7. The van der Waals surface area contributed by atoms with Gasteiger partial charge in [0.1, 0.15) is 6.29 Å². The molecule has 0 aromatic rings. The summed E-state index contributed by atoms with van der Waals surface area (Å²) in [5.74, 6) is -1.29. The van der Waals surface area contributed by atoms with Crippen LogP contribution in [0.2, 0.25) is 0 Å². The van der Waals surface area contributed by atoms with Crippen LogP contribution in [0, 0.1) is 28.6 Å². The summed E-state index contributed by atoms with van der Waals surface area (Å²) in [5, 5.41) is 33.2. The maximum atomic E-state index is 13.3. The molecule has 1 saturated heterocycles. The van der Waals surface area contributed by atoms with Crippen molar-refractivity contribution < 1.29 is 34.4 Å². The summed E-state index contributed by atoms with van der Waals surface area (Å²) in [5.41, 5.74) is -2.16. The van der Waals surface area contributed by atoms with Crippen molar-refractivity contribution >= 4 is 12.1 Å². The van der Waals surface area contributed by atoms with Gasteiger partial charge in [0.15, 0.2) is 11.6 Å². The largest absolute Gasteiger partial charge is 0.390 e. The zero-order valence-electron chi connectivity index (χ0n) is 21.0. The van der Waals surface area contributed by atoms with Gasteiger partial charge in [0.25, 0.3) is 0 Å². The summed E-state index contributed by atoms with van der Waals surface area (Å²) >= 11 is 0. The molecule has 0 bridgehead atoms. The van der Waals surface area contributed by atoms with Gasteiger partial charge in [-0.3, -0.25) is 4.79 Å². The van der Waals surface area contributed by atoms with Crippen LogP contribution in [-0.4, -0.2) is 62.7 Å². The molecule has 34 heavy (non-hydrogen) atoms. The number of rotatable bonds is 3. The van der Waals surface area contributed by atoms with Crippen LogP contribution in [0.15, 0.2) is 11.6 Å². The van der Waals surface area contributed by atoms with Crippen LogP contribution >= 0.6 is 0 Å². The van der Waals surface area contributed by atoms with Crippen LogP contribution in [0.25, 0.3) is 0 Å². The Morgan fingerprint density at radius 2 is 1.76 bits per heavy atom. The van der Waals surface area contributed by atoms with Crippen molar-refractivity contribution in [3.8, 4) is 0 Å². The van der Waals surface area contributed by atoms with E-state index in [-0.39, 0.29) is 36.4 Å². The molecule has 3 saturated carbocycles. The molecule has 4 aliphatic carbocycles. The summed E-state index contributed by atoms with van der Waals surface area (Å²) in [6.07, 6.45) is 4.01. The number of carbonyl (C=O) groups is 2. The average molecular weight is 477 g/mol. The van der Waals surface area contributed by atoms with Crippen LogP contribution in [0.3, 0.4) is 0 Å². The lowest BCUT2D eigenvalue weighted by molar-refractivity contribution is -0.191. The highest BCUT2D eigenvalue weighted by molar-refractivity contribution is 5.95. The quantitative estimate of drug-likeness (QED) is 0.537. The SMILES string of the molecule is CC1(C)O[C@H](CC=O)[C@@](C)([C@H]2CC[C@@]3(O)C4=CC(=O)[C@@H]5C[C@@H](O)[C@@H](O)C[C@]5(C)[C@H]4CC[C@]23C)O1. The Balaban J connectivity index is 1.55. The number of hydrogen-bond donors (Lipinski definition) is 3. The molecule has 0 unspecified atom stereocenters. The number of ketones is 1. The van der Waals surface area contributed by atoms with Crippen molar-refractivity contribution in [3.05, 3.63) is 11.6 Å². The van der Waals surface area contributed by atoms with Crippen LogP contribution in [0.1, 0.15) is 79.6 Å². The second-order valence-corrected chi connectivity index (χ2v) is 12.8. The minimum atomic E-state index is -1.17. The van der Waals surface area contributed by atoms with Crippen LogP contribution < -0.4 is 0 Å². The Morgan fingerprint density at radius 3 is 2.44 bits per heavy atom. The molecule has 1 heterocycles. The number of aliphatic hydroxyl groups is 3. The molecule has 5 aliphatic rings. The lowest BCUT2D eigenvalue weighted by Gasteiger charge is -2.60. The fourth-order valence-electron chi connectivity index (χ4n) is 9.03. The van der Waals surface area contributed by atoms with E-state index in [0.29, 0.717) is 19.3 Å². The van der Waals surface area contributed by atoms with E-state index in [9.17, 15) is 24.9 Å². The minimum absolute atomic E-state index is 0.0232. The Bertz CT molecular complexity index is 928. The highest BCUT2D eigenvalue weighted by Crippen LogP contribution is 2.69. The third-order valence-corrected chi connectivity index (χ3v) is 10.7. The third-order valence-electron chi connectivity index (χ3n) is 10.7. The lowest BCUT2D eigenvalue weighted by atomic mass is 9.45. The van der Waals surface area contributed by atoms with Crippen molar-refractivity contribution in [2.45, 2.75) is 115 Å². The molecule has 190 valence electrons. The molecule has 0 aromatic carbocycles. The number of carbonyl (C=O) groups excluding carboxylic acids is 2. The molecule has 0 aromatic heterocycles. The maximum Gasteiger partial charge on any atom is 0.164 e. The first-order valence-corrected chi connectivity index (χ1v) is 12.9. The van der Waals surface area contributed by atoms with Gasteiger partial charge < -0.3 is 29.6 Å². The lowest BCUT2D eigenvalue weighted by Crippen LogP contribution is -2.62. The van der Waals surface area contributed by atoms with Gasteiger partial charge in [0, 0.05) is 17.8 Å². The first-order chi connectivity index (χ1) is 15.7. The first-order valence-electron chi connectivity index (χ1n) is 12.9. The van der Waals surface area contributed by atoms with Gasteiger partial charge in [0.2, 0.25) is 0 Å². The molecule has 7 nitrogen and oxygen atoms in total. The Labute approximate surface area is 201 Å². The minimum Gasteiger partial charge on any atom is -0.390 e. The maximum absolute atomic E-state index is 13.3. The third kappa shape index (κ3) is 3.06. The van der Waals surface area contributed by atoms with E-state index >= 15 is 0 Å². The monoisotopic (exact) mass is 476 g/mol. The van der Waals surface area contributed by atoms with Gasteiger partial charge >= 0.3 is 0 Å². The van der Waals surface area contributed by atoms with Gasteiger partial charge in [-0.25, -0.2) is 0 Å². The second-order valence-electron chi connectivity index (χ2n) is 12.8. The highest BCUT2D eigenvalue weighted by Gasteiger charge is 2.71. The number of aliphatic hydroxyl groups excluding tert-OH is 2. The van der Waals surface area contributed by atoms with E-state index in [1.807, 2.05) is 20.8 Å². The molecular weight excluding hydrogens is 436 g/mol. The Morgan fingerprint density at radius 1 is 1.06 bits per heavy atom. The van der Waals surface area contributed by atoms with Gasteiger partial charge in [-0.1, -0.05) is 13.8 Å². The topological polar surface area (TPSA) is 113 Å². The van der Waals surface area contributed by atoms with Crippen molar-refractivity contribution in [1.29, 1.82) is 0 Å². The number of aldehydes is 1. The van der Waals surface area contributed by atoms with Gasteiger partial charge in [-0.05, 0) is 88.2 Å². The molecule has 0 spiro atoms. The summed E-state index contributed by atoms with van der Waals surface area (Å²) in [6, 6.07) is 0. The molecule has 7 heteroatoms. The normalized spacial score (nSPS) is 54.1. The van der Waals surface area contributed by atoms with Crippen LogP contribution in [-0.2, 0) is 19.1 Å². The van der Waals surface area contributed by atoms with Crippen molar-refractivity contribution in [2.24, 2.45) is 28.6 Å². The molecule has 10 atom stereocenters. The van der Waals surface area contributed by atoms with E-state index in [1.165, 1.54) is 0 Å².